The molecule has 0 aliphatic carbocycles. The molecule has 2 aliphatic rings. The molecule has 0 saturated carbocycles. The van der Waals surface area contributed by atoms with E-state index in [9.17, 15) is 14.4 Å². The van der Waals surface area contributed by atoms with Gasteiger partial charge in [-0.15, -0.1) is 23.1 Å². The number of carbonyl (C=O) groups is 3. The third-order valence-electron chi connectivity index (χ3n) is 5.67. The van der Waals surface area contributed by atoms with Crippen LogP contribution in [0.15, 0.2) is 41.9 Å². The van der Waals surface area contributed by atoms with E-state index in [1.54, 1.807) is 33.1 Å². The molecule has 2 atom stereocenters. The number of benzene rings is 1. The van der Waals surface area contributed by atoms with Gasteiger partial charge in [0.2, 0.25) is 17.6 Å². The van der Waals surface area contributed by atoms with Crippen LogP contribution in [0, 0.1) is 0 Å². The number of hydrogen-bond acceptors (Lipinski definition) is 6. The summed E-state index contributed by atoms with van der Waals surface area (Å²) in [5.74, 6) is 0.986. The van der Waals surface area contributed by atoms with Gasteiger partial charge in [0.05, 0.1) is 11.9 Å². The lowest BCUT2D eigenvalue weighted by molar-refractivity contribution is -0.143. The van der Waals surface area contributed by atoms with Crippen molar-refractivity contribution in [2.24, 2.45) is 0 Å². The number of aromatic nitrogens is 1. The van der Waals surface area contributed by atoms with Crippen molar-refractivity contribution in [3.05, 3.63) is 52.5 Å². The largest absolute Gasteiger partial charge is 0.330 e. The van der Waals surface area contributed by atoms with E-state index in [0.29, 0.717) is 36.0 Å². The molecule has 0 unspecified atom stereocenters. The summed E-state index contributed by atoms with van der Waals surface area (Å²) in [7, 11) is 0. The lowest BCUT2D eigenvalue weighted by Crippen LogP contribution is -2.51. The second-order valence-electron chi connectivity index (χ2n) is 7.61. The van der Waals surface area contributed by atoms with E-state index in [0.717, 1.165) is 19.3 Å². The summed E-state index contributed by atoms with van der Waals surface area (Å²) in [6.07, 6.45) is 5.12. The van der Waals surface area contributed by atoms with Gasteiger partial charge in [0, 0.05) is 30.3 Å². The van der Waals surface area contributed by atoms with Crippen LogP contribution in [0.3, 0.4) is 0 Å². The van der Waals surface area contributed by atoms with Gasteiger partial charge in [-0.05, 0) is 31.2 Å². The van der Waals surface area contributed by atoms with E-state index in [2.05, 4.69) is 17.1 Å². The monoisotopic (exact) mass is 443 g/mol. The topological polar surface area (TPSA) is 70.6 Å². The quantitative estimate of drug-likeness (QED) is 0.615. The van der Waals surface area contributed by atoms with Gasteiger partial charge >= 0.3 is 0 Å². The minimum Gasteiger partial charge on any atom is -0.330 e. The summed E-state index contributed by atoms with van der Waals surface area (Å²) in [6, 6.07) is 9.20. The van der Waals surface area contributed by atoms with Gasteiger partial charge in [0.25, 0.3) is 0 Å². The summed E-state index contributed by atoms with van der Waals surface area (Å²) in [5, 5.41) is 2.23. The first-order valence-corrected chi connectivity index (χ1v) is 12.3. The van der Waals surface area contributed by atoms with E-state index in [4.69, 9.17) is 0 Å². The van der Waals surface area contributed by atoms with Gasteiger partial charge in [0.1, 0.15) is 6.04 Å². The third kappa shape index (κ3) is 4.59. The molecule has 158 valence electrons. The minimum absolute atomic E-state index is 0.0243. The molecule has 1 aromatic heterocycles. The molecule has 6 nitrogen and oxygen atoms in total. The molecule has 0 spiro atoms. The summed E-state index contributed by atoms with van der Waals surface area (Å²) in [4.78, 5) is 46.4. The summed E-state index contributed by atoms with van der Waals surface area (Å²) in [5.41, 5.74) is 1.22. The van der Waals surface area contributed by atoms with Crippen LogP contribution in [-0.2, 0) is 16.0 Å². The van der Waals surface area contributed by atoms with E-state index >= 15 is 0 Å². The van der Waals surface area contributed by atoms with Crippen LogP contribution >= 0.6 is 23.1 Å². The van der Waals surface area contributed by atoms with Crippen LogP contribution in [0.1, 0.15) is 41.0 Å². The number of rotatable bonds is 7. The van der Waals surface area contributed by atoms with Crippen molar-refractivity contribution in [3.63, 3.8) is 0 Å². The molecule has 2 aliphatic heterocycles. The average molecular weight is 444 g/mol. The SMILES string of the molecule is O=C(c1nccs1)[C@@H]1CCCN1C(=O)[C@@H]1CSCN1C(=O)CCCc1ccccc1. The number of ketones is 1. The molecule has 2 aromatic rings. The Bertz CT molecular complexity index is 888. The standard InChI is InChI=1S/C22H25N3O3S2/c26-19(10-4-8-16-6-2-1-3-7-16)25-15-29-14-18(25)22(28)24-12-5-9-17(24)20(27)21-23-11-13-30-21/h1-3,6-7,11,13,17-18H,4-5,8-10,12,14-15H2/t17-,18-/m0/s1. The van der Waals surface area contributed by atoms with Crippen LogP contribution in [0.4, 0.5) is 0 Å². The third-order valence-corrected chi connectivity index (χ3v) is 7.47. The Kier molecular flexibility index (Phi) is 6.84. The van der Waals surface area contributed by atoms with E-state index in [1.165, 1.54) is 16.9 Å². The molecule has 2 amide bonds. The van der Waals surface area contributed by atoms with Gasteiger partial charge in [-0.3, -0.25) is 14.4 Å². The predicted molar refractivity (Wildman–Crippen MR) is 119 cm³/mol. The molecule has 2 fully saturated rings. The van der Waals surface area contributed by atoms with Crippen molar-refractivity contribution in [1.29, 1.82) is 0 Å². The number of aryl methyl sites for hydroxylation is 1. The number of nitrogens with zero attached hydrogens (tertiary/aromatic N) is 3. The van der Waals surface area contributed by atoms with E-state index < -0.39 is 12.1 Å². The van der Waals surface area contributed by atoms with Crippen molar-refractivity contribution in [2.75, 3.05) is 18.2 Å². The van der Waals surface area contributed by atoms with Crippen LogP contribution in [0.25, 0.3) is 0 Å². The second-order valence-corrected chi connectivity index (χ2v) is 9.50. The maximum atomic E-state index is 13.3. The molecule has 3 heterocycles. The Balaban J connectivity index is 1.36. The molecule has 0 radical (unpaired) electrons. The molecule has 1 aromatic carbocycles. The van der Waals surface area contributed by atoms with Gasteiger partial charge in [-0.25, -0.2) is 4.98 Å². The zero-order valence-corrected chi connectivity index (χ0v) is 18.4. The maximum absolute atomic E-state index is 13.3. The molecule has 2 saturated heterocycles. The van der Waals surface area contributed by atoms with Gasteiger partial charge in [-0.2, -0.15) is 0 Å². The van der Waals surface area contributed by atoms with Crippen molar-refractivity contribution >= 4 is 40.7 Å². The Labute approximate surface area is 184 Å². The highest BCUT2D eigenvalue weighted by Crippen LogP contribution is 2.28. The first-order chi connectivity index (χ1) is 14.6. The number of thiazole rings is 1. The van der Waals surface area contributed by atoms with Gasteiger partial charge in [-0.1, -0.05) is 30.3 Å². The number of amides is 2. The summed E-state index contributed by atoms with van der Waals surface area (Å²) >= 11 is 2.91. The first kappa shape index (κ1) is 21.1. The maximum Gasteiger partial charge on any atom is 0.246 e. The lowest BCUT2D eigenvalue weighted by Gasteiger charge is -2.30. The van der Waals surface area contributed by atoms with E-state index in [1.807, 2.05) is 18.2 Å². The Morgan fingerprint density at radius 1 is 1.10 bits per heavy atom. The van der Waals surface area contributed by atoms with Crippen molar-refractivity contribution in [1.82, 2.24) is 14.8 Å². The summed E-state index contributed by atoms with van der Waals surface area (Å²) < 4.78 is 0. The smallest absolute Gasteiger partial charge is 0.246 e. The molecular formula is C22H25N3O3S2. The Hall–Kier alpha value is -2.19. The fourth-order valence-electron chi connectivity index (χ4n) is 4.11. The van der Waals surface area contributed by atoms with Crippen molar-refractivity contribution < 1.29 is 14.4 Å². The molecule has 0 N–H and O–H groups in total. The van der Waals surface area contributed by atoms with Crippen LogP contribution in [0.5, 0.6) is 0 Å². The fraction of sp³-hybridized carbons (Fsp3) is 0.455. The van der Waals surface area contributed by atoms with Gasteiger partial charge < -0.3 is 9.80 Å². The first-order valence-electron chi connectivity index (χ1n) is 10.3. The van der Waals surface area contributed by atoms with E-state index in [-0.39, 0.29) is 17.6 Å². The molecule has 30 heavy (non-hydrogen) atoms. The zero-order chi connectivity index (χ0) is 20.9. The molecular weight excluding hydrogens is 418 g/mol. The fourth-order valence-corrected chi connectivity index (χ4v) is 5.90. The Morgan fingerprint density at radius 3 is 2.70 bits per heavy atom. The highest BCUT2D eigenvalue weighted by Gasteiger charge is 2.42. The highest BCUT2D eigenvalue weighted by atomic mass is 32.2. The predicted octanol–water partition coefficient (Wildman–Crippen LogP) is 3.24. The molecule has 8 heteroatoms. The van der Waals surface area contributed by atoms with Crippen LogP contribution < -0.4 is 0 Å². The summed E-state index contributed by atoms with van der Waals surface area (Å²) in [6.45, 7) is 0.567. The normalized spacial score (nSPS) is 21.2. The van der Waals surface area contributed by atoms with Crippen molar-refractivity contribution in [2.45, 2.75) is 44.2 Å². The number of carbonyl (C=O) groups excluding carboxylic acids is 3. The van der Waals surface area contributed by atoms with Crippen LogP contribution in [-0.4, -0.2) is 62.6 Å². The molecule has 4 rings (SSSR count). The zero-order valence-electron chi connectivity index (χ0n) is 16.7. The molecule has 0 bridgehead atoms. The van der Waals surface area contributed by atoms with Crippen LogP contribution in [0.2, 0.25) is 0 Å². The highest BCUT2D eigenvalue weighted by molar-refractivity contribution is 7.99. The lowest BCUT2D eigenvalue weighted by atomic mass is 10.1. The van der Waals surface area contributed by atoms with Gasteiger partial charge in [0.15, 0.2) is 5.01 Å². The number of thioether (sulfide) groups is 1. The minimum atomic E-state index is -0.469. The van der Waals surface area contributed by atoms with Crippen molar-refractivity contribution in [3.8, 4) is 0 Å². The number of Topliss-reactive ketones (excluding diaryl/α,β-unsaturated/α-hetero) is 1. The average Bonchev–Trinajstić information content (AvgIpc) is 3.55. The number of likely N-dealkylation sites (tertiary alicyclic amines) is 1. The Morgan fingerprint density at radius 2 is 1.93 bits per heavy atom. The second kappa shape index (κ2) is 9.75. The number of hydrogen-bond donors (Lipinski definition) is 0.